The summed E-state index contributed by atoms with van der Waals surface area (Å²) in [7, 11) is 0. The monoisotopic (exact) mass is 451 g/mol. The fourth-order valence-corrected chi connectivity index (χ4v) is 2.48. The Hall–Kier alpha value is -1.27. The van der Waals surface area contributed by atoms with Gasteiger partial charge in [0, 0.05) is 5.54 Å². The van der Waals surface area contributed by atoms with Crippen LogP contribution in [0.1, 0.15) is 105 Å². The van der Waals surface area contributed by atoms with Gasteiger partial charge in [-0.05, 0) is 43.9 Å². The van der Waals surface area contributed by atoms with Crippen LogP contribution in [-0.2, 0) is 12.6 Å². The van der Waals surface area contributed by atoms with E-state index in [-0.39, 0.29) is 19.0 Å². The second-order valence-corrected chi connectivity index (χ2v) is 6.90. The fraction of sp³-hybridized carbons (Fsp3) is 0.760. The fourth-order valence-electron chi connectivity index (χ4n) is 2.48. The molecule has 3 N–H and O–H groups in total. The molecule has 3 nitrogen and oxygen atoms in total. The molecule has 1 aromatic rings. The lowest BCUT2D eigenvalue weighted by Gasteiger charge is -2.22. The molecular formula is C25H48F3NO2. The highest BCUT2D eigenvalue weighted by atomic mass is 19.4. The molecule has 1 atom stereocenters. The van der Waals surface area contributed by atoms with Gasteiger partial charge in [-0.1, -0.05) is 80.2 Å². The average Bonchev–Trinajstić information content (AvgIpc) is 2.78. The first-order chi connectivity index (χ1) is 14.7. The van der Waals surface area contributed by atoms with Crippen LogP contribution in [0.4, 0.5) is 13.2 Å². The predicted octanol–water partition coefficient (Wildman–Crippen LogP) is 7.78. The van der Waals surface area contributed by atoms with E-state index in [2.05, 4.69) is 6.92 Å². The molecule has 0 aliphatic carbocycles. The number of halogens is 3. The van der Waals surface area contributed by atoms with E-state index in [4.69, 9.17) is 15.6 Å². The number of nitrogens with two attached hydrogens (primary N) is 1. The Morgan fingerprint density at radius 3 is 1.97 bits per heavy atom. The molecule has 31 heavy (non-hydrogen) atoms. The molecule has 1 unspecified atom stereocenters. The van der Waals surface area contributed by atoms with Crippen molar-refractivity contribution in [3.8, 4) is 5.75 Å². The third-order valence-electron chi connectivity index (χ3n) is 4.20. The molecule has 0 radical (unpaired) electrons. The quantitative estimate of drug-likeness (QED) is 0.338. The second-order valence-electron chi connectivity index (χ2n) is 6.90. The number of benzene rings is 1. The van der Waals surface area contributed by atoms with E-state index in [1.807, 2.05) is 41.5 Å². The van der Waals surface area contributed by atoms with E-state index < -0.39 is 17.3 Å². The highest BCUT2D eigenvalue weighted by Crippen LogP contribution is 2.37. The number of rotatable bonds is 11. The third kappa shape index (κ3) is 17.0. The highest BCUT2D eigenvalue weighted by Gasteiger charge is 2.34. The van der Waals surface area contributed by atoms with Crippen molar-refractivity contribution in [2.24, 2.45) is 5.73 Å². The summed E-state index contributed by atoms with van der Waals surface area (Å²) in [6.45, 7) is 15.9. The molecule has 0 fully saturated rings. The first-order valence-electron chi connectivity index (χ1n) is 11.9. The summed E-state index contributed by atoms with van der Waals surface area (Å²) in [4.78, 5) is 0. The molecule has 1 rings (SSSR count). The maximum Gasteiger partial charge on any atom is 0.419 e. The van der Waals surface area contributed by atoms with Gasteiger partial charge in [0.1, 0.15) is 5.75 Å². The van der Waals surface area contributed by atoms with Crippen molar-refractivity contribution in [2.75, 3.05) is 13.2 Å². The van der Waals surface area contributed by atoms with Crippen LogP contribution in [0.3, 0.4) is 0 Å². The van der Waals surface area contributed by atoms with Crippen LogP contribution in [0.2, 0.25) is 0 Å². The second kappa shape index (κ2) is 20.6. The van der Waals surface area contributed by atoms with Gasteiger partial charge < -0.3 is 15.6 Å². The van der Waals surface area contributed by atoms with Crippen LogP contribution < -0.4 is 10.5 Å². The zero-order valence-electron chi connectivity index (χ0n) is 21.2. The molecule has 0 saturated carbocycles. The molecule has 6 heteroatoms. The summed E-state index contributed by atoms with van der Waals surface area (Å²) in [5.74, 6) is -0.121. The maximum atomic E-state index is 13.3. The minimum atomic E-state index is -4.46. The summed E-state index contributed by atoms with van der Waals surface area (Å²) in [6.07, 6.45) is 1.36. The predicted molar refractivity (Wildman–Crippen MR) is 128 cm³/mol. The van der Waals surface area contributed by atoms with Gasteiger partial charge in [0.2, 0.25) is 0 Å². The Morgan fingerprint density at radius 2 is 1.48 bits per heavy atom. The van der Waals surface area contributed by atoms with E-state index in [0.29, 0.717) is 18.4 Å². The minimum Gasteiger partial charge on any atom is -0.493 e. The van der Waals surface area contributed by atoms with Crippen molar-refractivity contribution in [3.05, 3.63) is 29.3 Å². The molecule has 0 aliphatic rings. The number of hydrogen-bond acceptors (Lipinski definition) is 3. The van der Waals surface area contributed by atoms with Gasteiger partial charge in [0.15, 0.2) is 0 Å². The van der Waals surface area contributed by atoms with Gasteiger partial charge >= 0.3 is 6.18 Å². The van der Waals surface area contributed by atoms with Crippen molar-refractivity contribution in [1.82, 2.24) is 0 Å². The van der Waals surface area contributed by atoms with Crippen molar-refractivity contribution in [3.63, 3.8) is 0 Å². The van der Waals surface area contributed by atoms with Gasteiger partial charge in [-0.25, -0.2) is 0 Å². The Labute approximate surface area is 189 Å². The van der Waals surface area contributed by atoms with E-state index in [1.54, 1.807) is 13.0 Å². The largest absolute Gasteiger partial charge is 0.493 e. The van der Waals surface area contributed by atoms with Crippen LogP contribution >= 0.6 is 0 Å². The van der Waals surface area contributed by atoms with Gasteiger partial charge in [0.25, 0.3) is 0 Å². The van der Waals surface area contributed by atoms with Gasteiger partial charge in [-0.2, -0.15) is 13.2 Å². The molecule has 0 saturated heterocycles. The summed E-state index contributed by atoms with van der Waals surface area (Å²) < 4.78 is 45.3. The third-order valence-corrected chi connectivity index (χ3v) is 4.20. The molecule has 0 aliphatic heterocycles. The van der Waals surface area contributed by atoms with Crippen molar-refractivity contribution < 1.29 is 23.0 Å². The van der Waals surface area contributed by atoms with Gasteiger partial charge in [-0.15, -0.1) is 0 Å². The SMILES string of the molecule is CC.CC.CC.CCCCCCCOc1ccc(CCC(C)(N)CO)cc1C(F)(F)F. The van der Waals surface area contributed by atoms with Crippen LogP contribution in [0.5, 0.6) is 5.75 Å². The zero-order valence-corrected chi connectivity index (χ0v) is 21.2. The molecule has 0 heterocycles. The topological polar surface area (TPSA) is 55.5 Å². The number of aryl methyl sites for hydroxylation is 1. The number of unbranched alkanes of at least 4 members (excludes halogenated alkanes) is 4. The first-order valence-corrected chi connectivity index (χ1v) is 11.9. The number of alkyl halides is 3. The van der Waals surface area contributed by atoms with Crippen LogP contribution in [0, 0.1) is 0 Å². The highest BCUT2D eigenvalue weighted by molar-refractivity contribution is 5.39. The Morgan fingerprint density at radius 1 is 0.935 bits per heavy atom. The molecule has 0 amide bonds. The maximum absolute atomic E-state index is 13.3. The molecular weight excluding hydrogens is 403 g/mol. The standard InChI is InChI=1S/C19H30F3NO2.3C2H6/c1-3-4-5-6-7-12-25-17-9-8-15(10-11-18(2,23)14-24)13-16(17)19(20,21)22;3*1-2/h8-9,13,24H,3-7,10-12,14,23H2,1-2H3;3*1-2H3. The summed E-state index contributed by atoms with van der Waals surface area (Å²) >= 11 is 0. The molecule has 0 aromatic heterocycles. The normalized spacial score (nSPS) is 12.2. The number of ether oxygens (including phenoxy) is 1. The zero-order chi connectivity index (χ0) is 24.9. The first kappa shape index (κ1) is 34.3. The smallest absolute Gasteiger partial charge is 0.419 e. The van der Waals surface area contributed by atoms with Crippen LogP contribution in [0.25, 0.3) is 0 Å². The number of aliphatic hydroxyl groups excluding tert-OH is 1. The molecule has 0 spiro atoms. The van der Waals surface area contributed by atoms with E-state index in [9.17, 15) is 13.2 Å². The van der Waals surface area contributed by atoms with Crippen molar-refractivity contribution in [1.29, 1.82) is 0 Å². The summed E-state index contributed by atoms with van der Waals surface area (Å²) in [5.41, 5.74) is 4.82. The molecule has 186 valence electrons. The minimum absolute atomic E-state index is 0.121. The lowest BCUT2D eigenvalue weighted by molar-refractivity contribution is -0.139. The lowest BCUT2D eigenvalue weighted by atomic mass is 9.94. The Bertz CT molecular complexity index is 518. The average molecular weight is 452 g/mol. The van der Waals surface area contributed by atoms with Crippen molar-refractivity contribution in [2.45, 2.75) is 112 Å². The van der Waals surface area contributed by atoms with Crippen LogP contribution in [0.15, 0.2) is 18.2 Å². The Balaban J connectivity index is -0.00000120. The van der Waals surface area contributed by atoms with Gasteiger partial charge in [0.05, 0.1) is 18.8 Å². The van der Waals surface area contributed by atoms with Crippen molar-refractivity contribution >= 4 is 0 Å². The summed E-state index contributed by atoms with van der Waals surface area (Å²) in [6, 6.07) is 4.14. The van der Waals surface area contributed by atoms with Crippen LogP contribution in [-0.4, -0.2) is 23.9 Å². The van der Waals surface area contributed by atoms with Gasteiger partial charge in [-0.3, -0.25) is 0 Å². The molecule has 0 bridgehead atoms. The lowest BCUT2D eigenvalue weighted by Crippen LogP contribution is -2.40. The Kier molecular flexibility index (Phi) is 22.8. The number of hydrogen-bond donors (Lipinski definition) is 2. The molecule has 1 aromatic carbocycles. The van der Waals surface area contributed by atoms with E-state index in [0.717, 1.165) is 38.2 Å². The number of aliphatic hydroxyl groups is 1. The summed E-state index contributed by atoms with van der Waals surface area (Å²) in [5, 5.41) is 9.15. The van der Waals surface area contributed by atoms with E-state index in [1.165, 1.54) is 6.07 Å². The van der Waals surface area contributed by atoms with E-state index >= 15 is 0 Å².